The van der Waals surface area contributed by atoms with Gasteiger partial charge in [-0.25, -0.2) is 0 Å². The molecule has 2 unspecified atom stereocenters. The van der Waals surface area contributed by atoms with Gasteiger partial charge in [-0.2, -0.15) is 0 Å². The molecule has 2 atom stereocenters. The van der Waals surface area contributed by atoms with Gasteiger partial charge in [0.2, 0.25) is 0 Å². The Bertz CT molecular complexity index is 728. The van der Waals surface area contributed by atoms with E-state index >= 15 is 0 Å². The lowest BCUT2D eigenvalue weighted by atomic mass is 9.99. The second-order valence-electron chi connectivity index (χ2n) is 14.6. The van der Waals surface area contributed by atoms with Crippen molar-refractivity contribution in [3.05, 3.63) is 48.6 Å². The van der Waals surface area contributed by atoms with Crippen LogP contribution in [0, 0.1) is 0 Å². The summed E-state index contributed by atoms with van der Waals surface area (Å²) in [6.45, 7) is 7.83. The first kappa shape index (κ1) is 43.9. The minimum Gasteiger partial charge on any atom is -0.344 e. The molecule has 274 valence electrons. The van der Waals surface area contributed by atoms with Crippen molar-refractivity contribution in [3.8, 4) is 0 Å². The van der Waals surface area contributed by atoms with Crippen molar-refractivity contribution in [1.82, 2.24) is 4.90 Å². The van der Waals surface area contributed by atoms with Crippen LogP contribution in [0.15, 0.2) is 48.6 Å². The summed E-state index contributed by atoms with van der Waals surface area (Å²) in [4.78, 5) is 2.27. The summed E-state index contributed by atoms with van der Waals surface area (Å²) in [5, 5.41) is 0. The molecule has 0 bridgehead atoms. The molecular formula is C44H81NO2. The average molecular weight is 656 g/mol. The fourth-order valence-electron chi connectivity index (χ4n) is 6.67. The van der Waals surface area contributed by atoms with Gasteiger partial charge in [0.05, 0.1) is 12.2 Å². The fourth-order valence-corrected chi connectivity index (χ4v) is 6.67. The minimum absolute atomic E-state index is 0.271. The van der Waals surface area contributed by atoms with Crippen LogP contribution in [0.5, 0.6) is 0 Å². The molecule has 1 saturated heterocycles. The van der Waals surface area contributed by atoms with Gasteiger partial charge in [-0.15, -0.1) is 0 Å². The highest BCUT2D eigenvalue weighted by atomic mass is 16.8. The predicted molar refractivity (Wildman–Crippen MR) is 209 cm³/mol. The van der Waals surface area contributed by atoms with Gasteiger partial charge < -0.3 is 14.4 Å². The maximum atomic E-state index is 6.87. The topological polar surface area (TPSA) is 21.7 Å². The normalized spacial score (nSPS) is 20.5. The molecule has 0 amide bonds. The Hall–Kier alpha value is -1.16. The molecule has 1 aliphatic heterocycles. The zero-order chi connectivity index (χ0) is 34.1. The molecular weight excluding hydrogens is 574 g/mol. The van der Waals surface area contributed by atoms with Crippen molar-refractivity contribution in [1.29, 1.82) is 0 Å². The van der Waals surface area contributed by atoms with Crippen LogP contribution in [-0.4, -0.2) is 43.5 Å². The highest BCUT2D eigenvalue weighted by molar-refractivity contribution is 4.93. The molecule has 0 aromatic carbocycles. The van der Waals surface area contributed by atoms with E-state index in [1.165, 1.54) is 128 Å². The van der Waals surface area contributed by atoms with Gasteiger partial charge in [-0.05, 0) is 91.1 Å². The largest absolute Gasteiger partial charge is 0.344 e. The third kappa shape index (κ3) is 25.5. The molecule has 0 aromatic rings. The Morgan fingerprint density at radius 2 is 0.830 bits per heavy atom. The van der Waals surface area contributed by atoms with Crippen LogP contribution in [0.4, 0.5) is 0 Å². The summed E-state index contributed by atoms with van der Waals surface area (Å²) < 4.78 is 13.7. The molecule has 1 rings (SSSR count). The summed E-state index contributed by atoms with van der Waals surface area (Å²) in [5.41, 5.74) is 0. The molecule has 1 aliphatic rings. The van der Waals surface area contributed by atoms with Gasteiger partial charge in [0.1, 0.15) is 0 Å². The van der Waals surface area contributed by atoms with Crippen LogP contribution >= 0.6 is 0 Å². The number of hydrogen-bond acceptors (Lipinski definition) is 3. The minimum atomic E-state index is -0.373. The van der Waals surface area contributed by atoms with Crippen molar-refractivity contribution >= 4 is 0 Å². The molecule has 1 heterocycles. The Kier molecular flexibility index (Phi) is 29.9. The smallest absolute Gasteiger partial charge is 0.170 e. The van der Waals surface area contributed by atoms with Crippen molar-refractivity contribution in [2.75, 3.05) is 20.6 Å². The van der Waals surface area contributed by atoms with E-state index in [0.29, 0.717) is 0 Å². The summed E-state index contributed by atoms with van der Waals surface area (Å²) in [7, 11) is 4.32. The van der Waals surface area contributed by atoms with Crippen LogP contribution < -0.4 is 0 Å². The van der Waals surface area contributed by atoms with Crippen LogP contribution in [0.25, 0.3) is 0 Å². The molecule has 0 aromatic heterocycles. The van der Waals surface area contributed by atoms with E-state index in [2.05, 4.69) is 88.4 Å². The van der Waals surface area contributed by atoms with Crippen molar-refractivity contribution < 1.29 is 9.47 Å². The first-order valence-corrected chi connectivity index (χ1v) is 20.7. The van der Waals surface area contributed by atoms with Gasteiger partial charge in [-0.3, -0.25) is 0 Å². The quantitative estimate of drug-likeness (QED) is 0.0519. The van der Waals surface area contributed by atoms with Crippen LogP contribution in [-0.2, 0) is 9.47 Å². The third-order valence-corrected chi connectivity index (χ3v) is 9.60. The molecule has 0 radical (unpaired) electrons. The number of allylic oxidation sites excluding steroid dienone is 8. The van der Waals surface area contributed by atoms with Crippen LogP contribution in [0.1, 0.15) is 194 Å². The number of nitrogens with zero attached hydrogens (tertiary/aromatic N) is 1. The summed E-state index contributed by atoms with van der Waals surface area (Å²) in [5.74, 6) is -0.373. The van der Waals surface area contributed by atoms with Crippen LogP contribution in [0.2, 0.25) is 0 Å². The molecule has 1 fully saturated rings. The maximum absolute atomic E-state index is 6.87. The van der Waals surface area contributed by atoms with Crippen molar-refractivity contribution in [3.63, 3.8) is 0 Å². The van der Waals surface area contributed by atoms with Crippen LogP contribution in [0.3, 0.4) is 0 Å². The Balaban J connectivity index is 2.31. The molecule has 0 saturated carbocycles. The van der Waals surface area contributed by atoms with E-state index in [0.717, 1.165) is 51.5 Å². The zero-order valence-corrected chi connectivity index (χ0v) is 32.3. The fraction of sp³-hybridized carbons (Fsp3) is 0.818. The number of unbranched alkanes of at least 4 members (excludes halogenated alkanes) is 16. The Labute approximate surface area is 295 Å². The molecule has 0 spiro atoms. The lowest BCUT2D eigenvalue weighted by molar-refractivity contribution is -0.187. The standard InChI is InChI=1S/C44H81NO2/c1-6-9-11-13-15-17-19-21-23-25-27-29-31-33-35-37-42-43(47-44(46-42,39-8-3)40-41-45(4)5)38-36-34-32-30-28-26-24-22-20-18-16-14-12-10-7-2/h15-18,21-24,42-43H,6-14,19-20,25-41H2,1-5H3/b17-15-,18-16-,23-21-,24-22-. The van der Waals surface area contributed by atoms with Gasteiger partial charge in [0.15, 0.2) is 5.79 Å². The first-order valence-electron chi connectivity index (χ1n) is 20.7. The second-order valence-corrected chi connectivity index (χ2v) is 14.6. The molecule has 3 nitrogen and oxygen atoms in total. The maximum Gasteiger partial charge on any atom is 0.170 e. The van der Waals surface area contributed by atoms with Crippen molar-refractivity contribution in [2.45, 2.75) is 212 Å². The molecule has 47 heavy (non-hydrogen) atoms. The SMILES string of the molecule is CCCCC/C=C\C/C=C\CCCCCCCC1OC(CCC)(CCN(C)C)OC1CCCCCCC/C=C\C/C=C\CCCCC. The predicted octanol–water partition coefficient (Wildman–Crippen LogP) is 13.8. The Morgan fingerprint density at radius 3 is 1.21 bits per heavy atom. The van der Waals surface area contributed by atoms with Gasteiger partial charge in [-0.1, -0.05) is 153 Å². The highest BCUT2D eigenvalue weighted by Gasteiger charge is 2.45. The van der Waals surface area contributed by atoms with Gasteiger partial charge >= 0.3 is 0 Å². The van der Waals surface area contributed by atoms with Gasteiger partial charge in [0.25, 0.3) is 0 Å². The van der Waals surface area contributed by atoms with E-state index in [-0.39, 0.29) is 18.0 Å². The highest BCUT2D eigenvalue weighted by Crippen LogP contribution is 2.39. The number of ether oxygens (including phenoxy) is 2. The summed E-state index contributed by atoms with van der Waals surface area (Å²) in [6, 6.07) is 0. The first-order chi connectivity index (χ1) is 23.1. The van der Waals surface area contributed by atoms with E-state index in [4.69, 9.17) is 9.47 Å². The third-order valence-electron chi connectivity index (χ3n) is 9.60. The Morgan fingerprint density at radius 1 is 0.447 bits per heavy atom. The molecule has 3 heteroatoms. The van der Waals surface area contributed by atoms with E-state index < -0.39 is 0 Å². The zero-order valence-electron chi connectivity index (χ0n) is 32.3. The summed E-state index contributed by atoms with van der Waals surface area (Å²) >= 11 is 0. The number of hydrogen-bond donors (Lipinski definition) is 0. The lowest BCUT2D eigenvalue weighted by Crippen LogP contribution is -2.35. The molecule has 0 N–H and O–H groups in total. The van der Waals surface area contributed by atoms with E-state index in [9.17, 15) is 0 Å². The second kappa shape index (κ2) is 32.1. The average Bonchev–Trinajstić information content (AvgIpc) is 3.40. The van der Waals surface area contributed by atoms with E-state index in [1.807, 2.05) is 0 Å². The summed E-state index contributed by atoms with van der Waals surface area (Å²) in [6.07, 6.45) is 53.1. The lowest BCUT2D eigenvalue weighted by Gasteiger charge is -2.29. The molecule has 0 aliphatic carbocycles. The van der Waals surface area contributed by atoms with Gasteiger partial charge in [0, 0.05) is 19.4 Å². The van der Waals surface area contributed by atoms with E-state index in [1.54, 1.807) is 0 Å². The number of rotatable bonds is 33. The monoisotopic (exact) mass is 656 g/mol. The van der Waals surface area contributed by atoms with Crippen molar-refractivity contribution in [2.24, 2.45) is 0 Å².